The summed E-state index contributed by atoms with van der Waals surface area (Å²) in [7, 11) is 1.83. The van der Waals surface area contributed by atoms with Crippen molar-refractivity contribution in [2.75, 3.05) is 20.1 Å². The van der Waals surface area contributed by atoms with Gasteiger partial charge in [0.1, 0.15) is 0 Å². The zero-order valence-electron chi connectivity index (χ0n) is 11.1. The van der Waals surface area contributed by atoms with Crippen molar-refractivity contribution >= 4 is 5.91 Å². The van der Waals surface area contributed by atoms with Crippen molar-refractivity contribution in [3.05, 3.63) is 0 Å². The van der Waals surface area contributed by atoms with E-state index in [9.17, 15) is 9.90 Å². The molecule has 3 unspecified atom stereocenters. The third-order valence-electron chi connectivity index (χ3n) is 3.72. The number of carbonyl (C=O) groups is 1. The van der Waals surface area contributed by atoms with Gasteiger partial charge in [0.05, 0.1) is 6.10 Å². The molecule has 0 aliphatic heterocycles. The Bertz CT molecular complexity index is 244. The fourth-order valence-electron chi connectivity index (χ4n) is 2.53. The lowest BCUT2D eigenvalue weighted by Gasteiger charge is -2.30. The average molecular weight is 242 g/mol. The van der Waals surface area contributed by atoms with Crippen LogP contribution in [0.4, 0.5) is 0 Å². The van der Waals surface area contributed by atoms with Crippen molar-refractivity contribution in [1.29, 1.82) is 0 Å². The van der Waals surface area contributed by atoms with Gasteiger partial charge in [-0.25, -0.2) is 0 Å². The molecular weight excluding hydrogens is 216 g/mol. The Balaban J connectivity index is 2.39. The summed E-state index contributed by atoms with van der Waals surface area (Å²) in [5.74, 6) is 0.892. The molecule has 1 aliphatic rings. The maximum absolute atomic E-state index is 12.2. The molecule has 0 aromatic rings. The molecule has 1 rings (SSSR count). The highest BCUT2D eigenvalue weighted by molar-refractivity contribution is 5.78. The van der Waals surface area contributed by atoms with Crippen LogP contribution in [0.5, 0.6) is 0 Å². The van der Waals surface area contributed by atoms with Gasteiger partial charge < -0.3 is 15.7 Å². The lowest BCUT2D eigenvalue weighted by molar-refractivity contribution is -0.136. The normalized spacial score (nSPS) is 26.6. The van der Waals surface area contributed by atoms with Crippen molar-refractivity contribution in [2.45, 2.75) is 45.1 Å². The molecule has 17 heavy (non-hydrogen) atoms. The van der Waals surface area contributed by atoms with E-state index < -0.39 is 0 Å². The van der Waals surface area contributed by atoms with Crippen LogP contribution >= 0.6 is 0 Å². The molecule has 1 saturated carbocycles. The molecule has 0 aromatic carbocycles. The van der Waals surface area contributed by atoms with Gasteiger partial charge in [-0.2, -0.15) is 0 Å². The summed E-state index contributed by atoms with van der Waals surface area (Å²) in [6, 6.07) is 0. The van der Waals surface area contributed by atoms with Crippen LogP contribution in [0.3, 0.4) is 0 Å². The van der Waals surface area contributed by atoms with Crippen LogP contribution in [0.25, 0.3) is 0 Å². The van der Waals surface area contributed by atoms with Crippen molar-refractivity contribution < 1.29 is 9.90 Å². The van der Waals surface area contributed by atoms with Crippen molar-refractivity contribution in [3.8, 4) is 0 Å². The van der Waals surface area contributed by atoms with Gasteiger partial charge in [-0.05, 0) is 45.1 Å². The summed E-state index contributed by atoms with van der Waals surface area (Å²) in [5, 5.41) is 9.22. The van der Waals surface area contributed by atoms with Crippen LogP contribution in [0.1, 0.15) is 39.0 Å². The van der Waals surface area contributed by atoms with Crippen molar-refractivity contribution in [2.24, 2.45) is 17.6 Å². The number of aliphatic hydroxyl groups excluding tert-OH is 1. The van der Waals surface area contributed by atoms with Crippen molar-refractivity contribution in [3.63, 3.8) is 0 Å². The summed E-state index contributed by atoms with van der Waals surface area (Å²) >= 11 is 0. The summed E-state index contributed by atoms with van der Waals surface area (Å²) in [6.45, 7) is 3.09. The van der Waals surface area contributed by atoms with E-state index in [1.807, 2.05) is 7.05 Å². The van der Waals surface area contributed by atoms with Gasteiger partial charge in [0.15, 0.2) is 0 Å². The summed E-state index contributed by atoms with van der Waals surface area (Å²) in [5.41, 5.74) is 5.68. The van der Waals surface area contributed by atoms with Gasteiger partial charge in [0.25, 0.3) is 0 Å². The maximum Gasteiger partial charge on any atom is 0.225 e. The van der Waals surface area contributed by atoms with Crippen LogP contribution in [0, 0.1) is 11.8 Å². The Morgan fingerprint density at radius 2 is 2.24 bits per heavy atom. The van der Waals surface area contributed by atoms with Gasteiger partial charge in [-0.3, -0.25) is 4.79 Å². The predicted molar refractivity (Wildman–Crippen MR) is 68.4 cm³/mol. The number of amides is 1. The molecule has 0 heterocycles. The van der Waals surface area contributed by atoms with Gasteiger partial charge >= 0.3 is 0 Å². The molecule has 0 spiro atoms. The topological polar surface area (TPSA) is 66.6 Å². The minimum absolute atomic E-state index is 0.149. The Hall–Kier alpha value is -0.610. The molecule has 0 aromatic heterocycles. The smallest absolute Gasteiger partial charge is 0.225 e. The number of hydrogen-bond donors (Lipinski definition) is 2. The molecule has 4 heteroatoms. The number of hydrogen-bond acceptors (Lipinski definition) is 3. The second kappa shape index (κ2) is 6.97. The van der Waals surface area contributed by atoms with Crippen LogP contribution in [0.2, 0.25) is 0 Å². The van der Waals surface area contributed by atoms with Crippen LogP contribution in [0.15, 0.2) is 0 Å². The first-order valence-corrected chi connectivity index (χ1v) is 6.67. The Morgan fingerprint density at radius 1 is 1.53 bits per heavy atom. The van der Waals surface area contributed by atoms with E-state index in [1.54, 1.807) is 11.8 Å². The highest BCUT2D eigenvalue weighted by atomic mass is 16.3. The molecular formula is C13H26N2O2. The van der Waals surface area contributed by atoms with E-state index in [0.717, 1.165) is 25.7 Å². The third-order valence-corrected chi connectivity index (χ3v) is 3.72. The number of nitrogens with zero attached hydrogens (tertiary/aromatic N) is 1. The molecule has 1 aliphatic carbocycles. The standard InChI is InChI=1S/C13H26N2O2/c1-10(16)6-7-15(2)13(17)12-5-3-4-11(8-12)9-14/h10-12,16H,3-9,14H2,1-2H3. The average Bonchev–Trinajstić information content (AvgIpc) is 2.35. The molecule has 0 bridgehead atoms. The predicted octanol–water partition coefficient (Wildman–Crippen LogP) is 0.981. The van der Waals surface area contributed by atoms with E-state index in [1.165, 1.54) is 0 Å². The largest absolute Gasteiger partial charge is 0.393 e. The van der Waals surface area contributed by atoms with E-state index in [-0.39, 0.29) is 17.9 Å². The zero-order valence-corrected chi connectivity index (χ0v) is 11.1. The van der Waals surface area contributed by atoms with E-state index in [2.05, 4.69) is 0 Å². The molecule has 1 fully saturated rings. The first-order chi connectivity index (χ1) is 8.04. The lowest BCUT2D eigenvalue weighted by Crippen LogP contribution is -2.37. The Kier molecular flexibility index (Phi) is 5.92. The van der Waals surface area contributed by atoms with E-state index in [4.69, 9.17) is 5.73 Å². The van der Waals surface area contributed by atoms with E-state index in [0.29, 0.717) is 25.4 Å². The minimum atomic E-state index is -0.339. The van der Waals surface area contributed by atoms with Crippen LogP contribution < -0.4 is 5.73 Å². The number of rotatable bonds is 5. The highest BCUT2D eigenvalue weighted by Crippen LogP contribution is 2.29. The number of aliphatic hydroxyl groups is 1. The molecule has 0 saturated heterocycles. The first-order valence-electron chi connectivity index (χ1n) is 6.67. The summed E-state index contributed by atoms with van der Waals surface area (Å²) in [6.07, 6.45) is 4.52. The molecule has 3 atom stereocenters. The second-order valence-corrected chi connectivity index (χ2v) is 5.36. The zero-order chi connectivity index (χ0) is 12.8. The molecule has 0 radical (unpaired) electrons. The Morgan fingerprint density at radius 3 is 2.82 bits per heavy atom. The molecule has 4 nitrogen and oxygen atoms in total. The summed E-state index contributed by atoms with van der Waals surface area (Å²) < 4.78 is 0. The highest BCUT2D eigenvalue weighted by Gasteiger charge is 2.28. The quantitative estimate of drug-likeness (QED) is 0.755. The lowest BCUT2D eigenvalue weighted by atomic mass is 9.81. The fourth-order valence-corrected chi connectivity index (χ4v) is 2.53. The Labute approximate surface area is 104 Å². The first kappa shape index (κ1) is 14.5. The second-order valence-electron chi connectivity index (χ2n) is 5.36. The van der Waals surface area contributed by atoms with Crippen LogP contribution in [-0.4, -0.2) is 42.2 Å². The summed E-state index contributed by atoms with van der Waals surface area (Å²) in [4.78, 5) is 13.9. The van der Waals surface area contributed by atoms with Gasteiger partial charge in [0.2, 0.25) is 5.91 Å². The third kappa shape index (κ3) is 4.64. The molecule has 100 valence electrons. The fraction of sp³-hybridized carbons (Fsp3) is 0.923. The number of carbonyl (C=O) groups excluding carboxylic acids is 1. The molecule has 3 N–H and O–H groups in total. The molecule has 1 amide bonds. The SMILES string of the molecule is CC(O)CCN(C)C(=O)C1CCCC(CN)C1. The monoisotopic (exact) mass is 242 g/mol. The van der Waals surface area contributed by atoms with Gasteiger partial charge in [-0.15, -0.1) is 0 Å². The minimum Gasteiger partial charge on any atom is -0.393 e. The maximum atomic E-state index is 12.2. The van der Waals surface area contributed by atoms with Crippen LogP contribution in [-0.2, 0) is 4.79 Å². The van der Waals surface area contributed by atoms with Gasteiger partial charge in [0, 0.05) is 19.5 Å². The van der Waals surface area contributed by atoms with Crippen molar-refractivity contribution in [1.82, 2.24) is 4.90 Å². The number of nitrogens with two attached hydrogens (primary N) is 1. The van der Waals surface area contributed by atoms with E-state index >= 15 is 0 Å². The van der Waals surface area contributed by atoms with Gasteiger partial charge in [-0.1, -0.05) is 6.42 Å².